The average molecular weight is 279 g/mol. The summed E-state index contributed by atoms with van der Waals surface area (Å²) >= 11 is 0. The Morgan fingerprint density at radius 2 is 1.90 bits per heavy atom. The molecule has 2 saturated carbocycles. The Labute approximate surface area is 122 Å². The van der Waals surface area contributed by atoms with E-state index in [2.05, 4.69) is 11.8 Å². The molecular weight excluding hydrogens is 250 g/mol. The molecule has 1 aliphatic heterocycles. The van der Waals surface area contributed by atoms with Gasteiger partial charge < -0.3 is 10.0 Å². The van der Waals surface area contributed by atoms with Gasteiger partial charge in [0.1, 0.15) is 0 Å². The molecule has 0 aromatic heterocycles. The van der Waals surface area contributed by atoms with Gasteiger partial charge in [-0.3, -0.25) is 4.79 Å². The normalized spacial score (nSPS) is 36.7. The molecule has 1 saturated heterocycles. The molecule has 0 spiro atoms. The molecule has 1 amide bonds. The number of likely N-dealkylation sites (tertiary alicyclic amines) is 1. The highest BCUT2D eigenvalue weighted by Crippen LogP contribution is 2.45. The van der Waals surface area contributed by atoms with Crippen molar-refractivity contribution in [1.29, 1.82) is 0 Å². The third-order valence-corrected chi connectivity index (χ3v) is 6.28. The van der Waals surface area contributed by atoms with Gasteiger partial charge in [0.25, 0.3) is 0 Å². The van der Waals surface area contributed by atoms with Crippen LogP contribution < -0.4 is 0 Å². The number of hydrogen-bond donors (Lipinski definition) is 1. The van der Waals surface area contributed by atoms with Crippen LogP contribution in [0.5, 0.6) is 0 Å². The maximum atomic E-state index is 13.1. The maximum Gasteiger partial charge on any atom is 0.229 e. The smallest absolute Gasteiger partial charge is 0.229 e. The molecule has 3 nitrogen and oxygen atoms in total. The van der Waals surface area contributed by atoms with E-state index in [1.807, 2.05) is 0 Å². The molecule has 114 valence electrons. The number of carbonyl (C=O) groups excluding carboxylic acids is 1. The van der Waals surface area contributed by atoms with E-state index in [4.69, 9.17) is 0 Å². The summed E-state index contributed by atoms with van der Waals surface area (Å²) in [5.74, 6) is 0.760. The van der Waals surface area contributed by atoms with Crippen molar-refractivity contribution in [3.63, 3.8) is 0 Å². The molecule has 0 aromatic carbocycles. The number of aliphatic hydroxyl groups excluding tert-OH is 1. The maximum absolute atomic E-state index is 13.1. The predicted octanol–water partition coefficient (Wildman–Crippen LogP) is 3.11. The molecule has 3 heteroatoms. The lowest BCUT2D eigenvalue weighted by Crippen LogP contribution is -2.48. The van der Waals surface area contributed by atoms with Gasteiger partial charge in [-0.15, -0.1) is 0 Å². The lowest BCUT2D eigenvalue weighted by molar-refractivity contribution is -0.144. The first-order valence-electron chi connectivity index (χ1n) is 8.67. The van der Waals surface area contributed by atoms with Crippen molar-refractivity contribution >= 4 is 5.91 Å². The van der Waals surface area contributed by atoms with Gasteiger partial charge in [0.05, 0.1) is 6.10 Å². The second-order valence-corrected chi connectivity index (χ2v) is 7.21. The third kappa shape index (κ3) is 2.28. The molecule has 3 unspecified atom stereocenters. The molecule has 3 atom stereocenters. The first-order chi connectivity index (χ1) is 9.68. The Balaban J connectivity index is 1.76. The van der Waals surface area contributed by atoms with Crippen LogP contribution in [-0.4, -0.2) is 34.6 Å². The molecule has 1 N–H and O–H groups in total. The van der Waals surface area contributed by atoms with Gasteiger partial charge in [0.2, 0.25) is 5.91 Å². The Morgan fingerprint density at radius 3 is 2.50 bits per heavy atom. The third-order valence-electron chi connectivity index (χ3n) is 6.28. The van der Waals surface area contributed by atoms with Gasteiger partial charge in [0.15, 0.2) is 0 Å². The number of rotatable bonds is 3. The number of hydrogen-bond acceptors (Lipinski definition) is 2. The van der Waals surface area contributed by atoms with Gasteiger partial charge in [-0.05, 0) is 44.9 Å². The molecule has 0 aromatic rings. The zero-order valence-corrected chi connectivity index (χ0v) is 12.8. The van der Waals surface area contributed by atoms with Crippen LogP contribution in [0.4, 0.5) is 0 Å². The van der Waals surface area contributed by atoms with Gasteiger partial charge in [0, 0.05) is 23.9 Å². The lowest BCUT2D eigenvalue weighted by Gasteiger charge is -2.37. The van der Waals surface area contributed by atoms with Crippen LogP contribution in [-0.2, 0) is 4.79 Å². The first-order valence-corrected chi connectivity index (χ1v) is 8.67. The molecule has 2 aliphatic carbocycles. The molecule has 1 heterocycles. The van der Waals surface area contributed by atoms with Crippen molar-refractivity contribution in [1.82, 2.24) is 4.90 Å². The van der Waals surface area contributed by atoms with E-state index >= 15 is 0 Å². The predicted molar refractivity (Wildman–Crippen MR) is 79.3 cm³/mol. The summed E-state index contributed by atoms with van der Waals surface area (Å²) in [7, 11) is 0. The Kier molecular flexibility index (Phi) is 4.07. The summed E-state index contributed by atoms with van der Waals surface area (Å²) in [6, 6.07) is 0.323. The summed E-state index contributed by atoms with van der Waals surface area (Å²) < 4.78 is 0. The van der Waals surface area contributed by atoms with Crippen LogP contribution in [0.1, 0.15) is 71.1 Å². The van der Waals surface area contributed by atoms with Crippen molar-refractivity contribution in [3.8, 4) is 0 Å². The summed E-state index contributed by atoms with van der Waals surface area (Å²) in [5.41, 5.74) is -0.0633. The van der Waals surface area contributed by atoms with Gasteiger partial charge >= 0.3 is 0 Å². The molecule has 3 aliphatic rings. The number of carbonyl (C=O) groups is 1. The van der Waals surface area contributed by atoms with E-state index in [0.717, 1.165) is 57.9 Å². The van der Waals surface area contributed by atoms with Gasteiger partial charge in [-0.25, -0.2) is 0 Å². The highest BCUT2D eigenvalue weighted by molar-refractivity contribution is 5.83. The molecule has 3 fully saturated rings. The van der Waals surface area contributed by atoms with Gasteiger partial charge in [-0.2, -0.15) is 0 Å². The van der Waals surface area contributed by atoms with E-state index in [1.165, 1.54) is 12.8 Å². The molecule has 0 radical (unpaired) electrons. The summed E-state index contributed by atoms with van der Waals surface area (Å²) in [6.07, 6.45) is 10.8. The SMILES string of the molecule is CCC1(C(=O)N2CCCC2C2CCCC2O)CCCC1. The van der Waals surface area contributed by atoms with E-state index in [0.29, 0.717) is 17.9 Å². The van der Waals surface area contributed by atoms with E-state index in [1.54, 1.807) is 0 Å². The number of nitrogens with zero attached hydrogens (tertiary/aromatic N) is 1. The second kappa shape index (κ2) is 5.67. The zero-order valence-electron chi connectivity index (χ0n) is 12.8. The lowest BCUT2D eigenvalue weighted by atomic mass is 9.81. The number of aliphatic hydroxyl groups is 1. The minimum Gasteiger partial charge on any atom is -0.393 e. The minimum atomic E-state index is -0.172. The van der Waals surface area contributed by atoms with Crippen LogP contribution in [0.2, 0.25) is 0 Å². The summed E-state index contributed by atoms with van der Waals surface area (Å²) in [4.78, 5) is 15.3. The Hall–Kier alpha value is -0.570. The molecule has 3 rings (SSSR count). The fraction of sp³-hybridized carbons (Fsp3) is 0.941. The monoisotopic (exact) mass is 279 g/mol. The van der Waals surface area contributed by atoms with Crippen LogP contribution in [0.3, 0.4) is 0 Å². The van der Waals surface area contributed by atoms with E-state index < -0.39 is 0 Å². The second-order valence-electron chi connectivity index (χ2n) is 7.21. The van der Waals surface area contributed by atoms with Crippen LogP contribution in [0.25, 0.3) is 0 Å². The van der Waals surface area contributed by atoms with E-state index in [9.17, 15) is 9.90 Å². The zero-order chi connectivity index (χ0) is 14.2. The van der Waals surface area contributed by atoms with Gasteiger partial charge in [-0.1, -0.05) is 26.2 Å². The molecule has 0 bridgehead atoms. The Bertz CT molecular complexity index is 362. The molecule has 20 heavy (non-hydrogen) atoms. The summed E-state index contributed by atoms with van der Waals surface area (Å²) in [5, 5.41) is 10.2. The fourth-order valence-electron chi connectivity index (χ4n) is 4.98. The first kappa shape index (κ1) is 14.4. The number of amides is 1. The van der Waals surface area contributed by atoms with Crippen LogP contribution >= 0.6 is 0 Å². The van der Waals surface area contributed by atoms with Crippen LogP contribution in [0.15, 0.2) is 0 Å². The highest BCUT2D eigenvalue weighted by Gasteiger charge is 2.47. The average Bonchev–Trinajstić information content (AvgIpc) is 3.18. The Morgan fingerprint density at radius 1 is 1.15 bits per heavy atom. The minimum absolute atomic E-state index is 0.0633. The largest absolute Gasteiger partial charge is 0.393 e. The quantitative estimate of drug-likeness (QED) is 0.862. The van der Waals surface area contributed by atoms with E-state index in [-0.39, 0.29) is 11.5 Å². The standard InChI is InChI=1S/C17H29NO2/c1-2-17(10-3-4-11-17)16(20)18-12-6-8-14(18)13-7-5-9-15(13)19/h13-15,19H,2-12H2,1H3. The van der Waals surface area contributed by atoms with Crippen molar-refractivity contribution in [2.24, 2.45) is 11.3 Å². The fourth-order valence-corrected chi connectivity index (χ4v) is 4.98. The van der Waals surface area contributed by atoms with Crippen molar-refractivity contribution in [3.05, 3.63) is 0 Å². The topological polar surface area (TPSA) is 40.5 Å². The van der Waals surface area contributed by atoms with Crippen molar-refractivity contribution < 1.29 is 9.90 Å². The van der Waals surface area contributed by atoms with Crippen molar-refractivity contribution in [2.45, 2.75) is 83.3 Å². The molecular formula is C17H29NO2. The summed E-state index contributed by atoms with van der Waals surface area (Å²) in [6.45, 7) is 3.10. The highest BCUT2D eigenvalue weighted by atomic mass is 16.3. The van der Waals surface area contributed by atoms with Crippen LogP contribution in [0, 0.1) is 11.3 Å². The van der Waals surface area contributed by atoms with Crippen molar-refractivity contribution in [2.75, 3.05) is 6.54 Å².